The Morgan fingerprint density at radius 2 is 1.47 bits per heavy atom. The average Bonchev–Trinajstić information content (AvgIpc) is 2.81. The molecule has 4 N–H and O–H groups in total. The molecule has 0 aromatic heterocycles. The molecule has 1 unspecified atom stereocenters. The number of rotatable bonds is 10. The van der Waals surface area contributed by atoms with Crippen molar-refractivity contribution in [2.75, 3.05) is 31.6 Å². The number of nitrogens with one attached hydrogen (secondary N) is 1. The lowest BCUT2D eigenvalue weighted by molar-refractivity contribution is -0.153. The number of morpholine rings is 1. The minimum atomic E-state index is -2.30. The van der Waals surface area contributed by atoms with Crippen LogP contribution in [0.15, 0.2) is 48.5 Å². The number of amides is 2. The van der Waals surface area contributed by atoms with Crippen LogP contribution in [0.3, 0.4) is 0 Å². The molecule has 0 saturated carbocycles. The van der Waals surface area contributed by atoms with E-state index in [9.17, 15) is 19.5 Å². The molecule has 3 rings (SSSR count). The minimum Gasteiger partial charge on any atom is -0.379 e. The molecule has 1 saturated heterocycles. The van der Waals surface area contributed by atoms with Crippen LogP contribution in [0.25, 0.3) is 0 Å². The highest BCUT2D eigenvalue weighted by atomic mass is 16.5. The predicted molar refractivity (Wildman–Crippen MR) is 129 cm³/mol. The zero-order valence-electron chi connectivity index (χ0n) is 19.8. The highest BCUT2D eigenvalue weighted by Gasteiger charge is 2.45. The van der Waals surface area contributed by atoms with Crippen LogP contribution >= 0.6 is 0 Å². The van der Waals surface area contributed by atoms with Crippen molar-refractivity contribution in [3.05, 3.63) is 65.2 Å². The van der Waals surface area contributed by atoms with Gasteiger partial charge in [0.1, 0.15) is 5.78 Å². The van der Waals surface area contributed by atoms with Gasteiger partial charge in [-0.25, -0.2) is 0 Å². The SMILES string of the molecule is CC(C)C(O)(C(N)=O)C(=O)Nc1ccc(CC(=O)Cc2ccc(CN3CCOCC3)cc2)cc1. The molecule has 34 heavy (non-hydrogen) atoms. The molecular formula is C26H33N3O5. The number of nitrogens with zero attached hydrogens (tertiary/aromatic N) is 1. The number of Topliss-reactive ketones (excluding diaryl/α,β-unsaturated/α-hetero) is 1. The van der Waals surface area contributed by atoms with Crippen LogP contribution in [-0.4, -0.2) is 59.5 Å². The fraction of sp³-hybridized carbons (Fsp3) is 0.423. The van der Waals surface area contributed by atoms with E-state index in [1.165, 1.54) is 19.4 Å². The van der Waals surface area contributed by atoms with Gasteiger partial charge in [0.2, 0.25) is 5.60 Å². The van der Waals surface area contributed by atoms with E-state index in [0.717, 1.165) is 44.0 Å². The third kappa shape index (κ3) is 6.50. The molecule has 2 amide bonds. The van der Waals surface area contributed by atoms with Crippen molar-refractivity contribution < 1.29 is 24.2 Å². The monoisotopic (exact) mass is 467 g/mol. The smallest absolute Gasteiger partial charge is 0.266 e. The average molecular weight is 468 g/mol. The summed E-state index contributed by atoms with van der Waals surface area (Å²) in [5.41, 5.74) is 6.32. The highest BCUT2D eigenvalue weighted by Crippen LogP contribution is 2.20. The quantitative estimate of drug-likeness (QED) is 0.457. The zero-order valence-corrected chi connectivity index (χ0v) is 19.8. The minimum absolute atomic E-state index is 0.0839. The van der Waals surface area contributed by atoms with E-state index in [1.54, 1.807) is 24.3 Å². The Morgan fingerprint density at radius 3 is 1.97 bits per heavy atom. The lowest BCUT2D eigenvalue weighted by Gasteiger charge is -2.27. The van der Waals surface area contributed by atoms with E-state index in [-0.39, 0.29) is 12.2 Å². The van der Waals surface area contributed by atoms with E-state index in [2.05, 4.69) is 22.3 Å². The van der Waals surface area contributed by atoms with Crippen LogP contribution in [0.1, 0.15) is 30.5 Å². The number of aliphatic hydroxyl groups is 1. The summed E-state index contributed by atoms with van der Waals surface area (Å²) in [6.45, 7) is 7.38. The molecule has 0 aliphatic carbocycles. The summed E-state index contributed by atoms with van der Waals surface area (Å²) >= 11 is 0. The lowest BCUT2D eigenvalue weighted by atomic mass is 9.88. The summed E-state index contributed by atoms with van der Waals surface area (Å²) in [7, 11) is 0. The second-order valence-electron chi connectivity index (χ2n) is 9.03. The number of nitrogens with two attached hydrogens (primary N) is 1. The Balaban J connectivity index is 1.51. The van der Waals surface area contributed by atoms with Crippen molar-refractivity contribution in [2.24, 2.45) is 11.7 Å². The molecule has 182 valence electrons. The first-order valence-corrected chi connectivity index (χ1v) is 11.5. The Hall–Kier alpha value is -3.07. The van der Waals surface area contributed by atoms with Gasteiger partial charge in [-0.05, 0) is 28.8 Å². The van der Waals surface area contributed by atoms with E-state index in [4.69, 9.17) is 10.5 Å². The Kier molecular flexibility index (Phi) is 8.55. The first-order chi connectivity index (χ1) is 16.2. The van der Waals surface area contributed by atoms with Gasteiger partial charge in [-0.3, -0.25) is 19.3 Å². The van der Waals surface area contributed by atoms with Crippen molar-refractivity contribution >= 4 is 23.3 Å². The molecule has 1 aliphatic rings. The molecule has 0 radical (unpaired) electrons. The van der Waals surface area contributed by atoms with E-state index in [0.29, 0.717) is 12.1 Å². The van der Waals surface area contributed by atoms with Gasteiger partial charge < -0.3 is 20.9 Å². The maximum atomic E-state index is 12.6. The number of benzene rings is 2. The Labute approximate surface area is 200 Å². The molecule has 2 aromatic carbocycles. The molecular weight excluding hydrogens is 434 g/mol. The maximum Gasteiger partial charge on any atom is 0.266 e. The maximum absolute atomic E-state index is 12.6. The van der Waals surface area contributed by atoms with Crippen LogP contribution in [-0.2, 0) is 38.5 Å². The molecule has 2 aromatic rings. The van der Waals surface area contributed by atoms with E-state index in [1.807, 2.05) is 12.1 Å². The van der Waals surface area contributed by atoms with Gasteiger partial charge in [0.15, 0.2) is 0 Å². The van der Waals surface area contributed by atoms with Crippen LogP contribution < -0.4 is 11.1 Å². The number of anilines is 1. The van der Waals surface area contributed by atoms with Crippen molar-refractivity contribution in [1.29, 1.82) is 0 Å². The summed E-state index contributed by atoms with van der Waals surface area (Å²) in [4.78, 5) is 38.9. The first-order valence-electron chi connectivity index (χ1n) is 11.5. The number of hydrogen-bond acceptors (Lipinski definition) is 6. The Bertz CT molecular complexity index is 998. The summed E-state index contributed by atoms with van der Waals surface area (Å²) in [6.07, 6.45) is 0.608. The molecule has 0 bridgehead atoms. The van der Waals surface area contributed by atoms with Crippen molar-refractivity contribution in [3.8, 4) is 0 Å². The molecule has 1 aliphatic heterocycles. The van der Waals surface area contributed by atoms with Gasteiger partial charge >= 0.3 is 0 Å². The fourth-order valence-electron chi connectivity index (χ4n) is 3.89. The second-order valence-corrected chi connectivity index (χ2v) is 9.03. The van der Waals surface area contributed by atoms with Crippen molar-refractivity contribution in [1.82, 2.24) is 4.90 Å². The van der Waals surface area contributed by atoms with E-state index >= 15 is 0 Å². The summed E-state index contributed by atoms with van der Waals surface area (Å²) in [5, 5.41) is 12.9. The van der Waals surface area contributed by atoms with Gasteiger partial charge in [0.05, 0.1) is 13.2 Å². The number of ether oxygens (including phenoxy) is 1. The van der Waals surface area contributed by atoms with Gasteiger partial charge in [-0.15, -0.1) is 0 Å². The third-order valence-corrected chi connectivity index (χ3v) is 6.10. The lowest BCUT2D eigenvalue weighted by Crippen LogP contribution is -2.57. The van der Waals surface area contributed by atoms with Gasteiger partial charge in [0, 0.05) is 44.1 Å². The second kappa shape index (κ2) is 11.4. The highest BCUT2D eigenvalue weighted by molar-refractivity contribution is 6.13. The van der Waals surface area contributed by atoms with Crippen molar-refractivity contribution in [3.63, 3.8) is 0 Å². The zero-order chi connectivity index (χ0) is 24.7. The summed E-state index contributed by atoms with van der Waals surface area (Å²) < 4.78 is 5.38. The van der Waals surface area contributed by atoms with Crippen LogP contribution in [0.5, 0.6) is 0 Å². The molecule has 1 heterocycles. The van der Waals surface area contributed by atoms with Crippen LogP contribution in [0, 0.1) is 5.92 Å². The third-order valence-electron chi connectivity index (χ3n) is 6.10. The number of ketones is 1. The molecule has 0 spiro atoms. The summed E-state index contributed by atoms with van der Waals surface area (Å²) in [5.74, 6) is -2.58. The van der Waals surface area contributed by atoms with Gasteiger partial charge in [-0.1, -0.05) is 50.2 Å². The van der Waals surface area contributed by atoms with E-state index < -0.39 is 23.3 Å². The summed E-state index contributed by atoms with van der Waals surface area (Å²) in [6, 6.07) is 14.9. The van der Waals surface area contributed by atoms with Crippen molar-refractivity contribution in [2.45, 2.75) is 38.8 Å². The fourth-order valence-corrected chi connectivity index (χ4v) is 3.89. The molecule has 1 atom stereocenters. The number of carbonyl (C=O) groups is 3. The number of hydrogen-bond donors (Lipinski definition) is 3. The van der Waals surface area contributed by atoms with Crippen LogP contribution in [0.4, 0.5) is 5.69 Å². The van der Waals surface area contributed by atoms with Gasteiger partial charge in [-0.2, -0.15) is 0 Å². The Morgan fingerprint density at radius 1 is 0.971 bits per heavy atom. The number of primary amides is 1. The standard InChI is InChI=1S/C26H33N3O5/c1-18(2)26(33,24(27)31)25(32)28-22-9-7-20(8-10-22)16-23(30)15-19-3-5-21(6-4-19)17-29-11-13-34-14-12-29/h3-10,18,33H,11-17H2,1-2H3,(H2,27,31)(H,28,32). The topological polar surface area (TPSA) is 122 Å². The van der Waals surface area contributed by atoms with Gasteiger partial charge in [0.25, 0.3) is 11.8 Å². The number of carbonyl (C=O) groups excluding carboxylic acids is 3. The molecule has 8 heteroatoms. The first kappa shape index (κ1) is 25.6. The van der Waals surface area contributed by atoms with Crippen LogP contribution in [0.2, 0.25) is 0 Å². The predicted octanol–water partition coefficient (Wildman–Crippen LogP) is 1.68. The molecule has 1 fully saturated rings. The molecule has 8 nitrogen and oxygen atoms in total. The largest absolute Gasteiger partial charge is 0.379 e. The normalized spacial score (nSPS) is 16.1.